The van der Waals surface area contributed by atoms with E-state index in [9.17, 15) is 0 Å². The lowest BCUT2D eigenvalue weighted by molar-refractivity contribution is 0.952. The molecule has 1 aromatic carbocycles. The Morgan fingerprint density at radius 2 is 1.86 bits per heavy atom. The molecule has 1 aromatic heterocycles. The molecular formula is C15H20ClN5S. The van der Waals surface area contributed by atoms with Gasteiger partial charge in [0.05, 0.1) is 0 Å². The van der Waals surface area contributed by atoms with Gasteiger partial charge in [-0.05, 0) is 17.5 Å². The summed E-state index contributed by atoms with van der Waals surface area (Å²) < 4.78 is 0. The summed E-state index contributed by atoms with van der Waals surface area (Å²) in [7, 11) is 0. The Morgan fingerprint density at radius 1 is 1.18 bits per heavy atom. The Labute approximate surface area is 139 Å². The van der Waals surface area contributed by atoms with Crippen LogP contribution in [0.2, 0.25) is 5.15 Å². The maximum atomic E-state index is 6.08. The van der Waals surface area contributed by atoms with Gasteiger partial charge in [0.15, 0.2) is 16.1 Å². The molecule has 0 unspecified atom stereocenters. The van der Waals surface area contributed by atoms with Gasteiger partial charge < -0.3 is 16.8 Å². The molecule has 1 heterocycles. The number of nitrogen functional groups attached to an aromatic ring is 1. The first-order valence-electron chi connectivity index (χ1n) is 7.11. The lowest BCUT2D eigenvalue weighted by atomic mass is 10.1. The van der Waals surface area contributed by atoms with Gasteiger partial charge in [-0.2, -0.15) is 0 Å². The zero-order valence-electron chi connectivity index (χ0n) is 12.5. The fourth-order valence-electron chi connectivity index (χ4n) is 1.79. The minimum absolute atomic E-state index is 0.287. The van der Waals surface area contributed by atoms with Crippen LogP contribution in [0.3, 0.4) is 0 Å². The summed E-state index contributed by atoms with van der Waals surface area (Å²) in [5, 5.41) is 4.15. The third-order valence-corrected chi connectivity index (χ3v) is 4.37. The molecule has 7 heteroatoms. The van der Waals surface area contributed by atoms with Gasteiger partial charge in [-0.15, -0.1) is 0 Å². The van der Waals surface area contributed by atoms with E-state index in [1.807, 2.05) is 24.3 Å². The van der Waals surface area contributed by atoms with Crippen molar-refractivity contribution in [2.24, 2.45) is 5.73 Å². The summed E-state index contributed by atoms with van der Waals surface area (Å²) >= 11 is 7.64. The second-order valence-corrected chi connectivity index (χ2v) is 6.20. The summed E-state index contributed by atoms with van der Waals surface area (Å²) in [4.78, 5) is 8.62. The topological polar surface area (TPSA) is 89.8 Å². The third kappa shape index (κ3) is 4.50. The first-order chi connectivity index (χ1) is 10.6. The lowest BCUT2D eigenvalue weighted by Gasteiger charge is -2.11. The van der Waals surface area contributed by atoms with Gasteiger partial charge in [0, 0.05) is 18.8 Å². The number of nitrogens with two attached hydrogens (primary N) is 2. The molecule has 0 aliphatic heterocycles. The molecule has 5 N–H and O–H groups in total. The standard InChI is InChI=1S/C15H20ClN5S/c1-2-7-22-15-20-13(16)12(18)14(21-15)19-9-11-5-3-10(8-17)4-6-11/h3-6H,2,7-9,17-18H2,1H3,(H,19,20,21). The van der Waals surface area contributed by atoms with Gasteiger partial charge >= 0.3 is 0 Å². The Morgan fingerprint density at radius 3 is 2.50 bits per heavy atom. The van der Waals surface area contributed by atoms with Crippen LogP contribution in [-0.4, -0.2) is 15.7 Å². The minimum Gasteiger partial charge on any atom is -0.393 e. The van der Waals surface area contributed by atoms with E-state index in [1.165, 1.54) is 0 Å². The molecule has 0 spiro atoms. The van der Waals surface area contributed by atoms with Crippen LogP contribution in [0.15, 0.2) is 29.4 Å². The van der Waals surface area contributed by atoms with E-state index in [4.69, 9.17) is 23.1 Å². The Hall–Kier alpha value is -1.50. The second-order valence-electron chi connectivity index (χ2n) is 4.78. The molecule has 0 radical (unpaired) electrons. The number of rotatable bonds is 7. The number of halogens is 1. The normalized spacial score (nSPS) is 10.7. The van der Waals surface area contributed by atoms with Crippen molar-refractivity contribution in [3.63, 3.8) is 0 Å². The predicted octanol–water partition coefficient (Wildman–Crippen LogP) is 3.29. The van der Waals surface area contributed by atoms with E-state index in [0.29, 0.717) is 29.8 Å². The molecule has 2 rings (SSSR count). The predicted molar refractivity (Wildman–Crippen MR) is 94.1 cm³/mol. The number of benzene rings is 1. The first kappa shape index (κ1) is 16.9. The van der Waals surface area contributed by atoms with Crippen LogP contribution in [0.1, 0.15) is 24.5 Å². The summed E-state index contributed by atoms with van der Waals surface area (Å²) in [5.41, 5.74) is 14.1. The van der Waals surface area contributed by atoms with Crippen molar-refractivity contribution < 1.29 is 0 Å². The molecule has 2 aromatic rings. The SMILES string of the molecule is CCCSc1nc(Cl)c(N)c(NCc2ccc(CN)cc2)n1. The number of aromatic nitrogens is 2. The highest BCUT2D eigenvalue weighted by Crippen LogP contribution is 2.27. The van der Waals surface area contributed by atoms with Crippen molar-refractivity contribution in [1.29, 1.82) is 0 Å². The second kappa shape index (κ2) is 8.22. The van der Waals surface area contributed by atoms with Gasteiger partial charge in [-0.1, -0.05) is 54.6 Å². The fourth-order valence-corrected chi connectivity index (χ4v) is 2.71. The number of hydrogen-bond acceptors (Lipinski definition) is 6. The van der Waals surface area contributed by atoms with Crippen molar-refractivity contribution in [3.05, 3.63) is 40.5 Å². The van der Waals surface area contributed by atoms with Crippen LogP contribution in [0.25, 0.3) is 0 Å². The smallest absolute Gasteiger partial charge is 0.191 e. The molecule has 0 saturated heterocycles. The van der Waals surface area contributed by atoms with E-state index in [2.05, 4.69) is 22.2 Å². The number of nitrogens with one attached hydrogen (secondary N) is 1. The fraction of sp³-hybridized carbons (Fsp3) is 0.333. The largest absolute Gasteiger partial charge is 0.393 e. The first-order valence-corrected chi connectivity index (χ1v) is 8.48. The van der Waals surface area contributed by atoms with Gasteiger partial charge in [0.2, 0.25) is 0 Å². The molecule has 0 amide bonds. The third-order valence-electron chi connectivity index (χ3n) is 3.03. The van der Waals surface area contributed by atoms with Crippen molar-refractivity contribution >= 4 is 34.9 Å². The van der Waals surface area contributed by atoms with Crippen molar-refractivity contribution in [2.45, 2.75) is 31.6 Å². The number of nitrogens with zero attached hydrogens (tertiary/aromatic N) is 2. The number of thioether (sulfide) groups is 1. The van der Waals surface area contributed by atoms with E-state index >= 15 is 0 Å². The molecule has 0 aliphatic rings. The quantitative estimate of drug-likeness (QED) is 0.408. The van der Waals surface area contributed by atoms with Crippen LogP contribution >= 0.6 is 23.4 Å². The monoisotopic (exact) mass is 337 g/mol. The van der Waals surface area contributed by atoms with Crippen LogP contribution in [0, 0.1) is 0 Å². The van der Waals surface area contributed by atoms with Gasteiger partial charge in [-0.3, -0.25) is 0 Å². The minimum atomic E-state index is 0.287. The Kier molecular flexibility index (Phi) is 6.30. The molecular weight excluding hydrogens is 318 g/mol. The van der Waals surface area contributed by atoms with Gasteiger partial charge in [0.1, 0.15) is 5.69 Å². The average Bonchev–Trinajstić information content (AvgIpc) is 2.55. The van der Waals surface area contributed by atoms with Gasteiger partial charge in [-0.25, -0.2) is 9.97 Å². The van der Waals surface area contributed by atoms with Crippen LogP contribution < -0.4 is 16.8 Å². The Balaban J connectivity index is 2.08. The highest BCUT2D eigenvalue weighted by atomic mass is 35.5. The maximum absolute atomic E-state index is 6.08. The summed E-state index contributed by atoms with van der Waals surface area (Å²) in [5.74, 6) is 1.52. The van der Waals surface area contributed by atoms with Crippen LogP contribution in [0.4, 0.5) is 11.5 Å². The van der Waals surface area contributed by atoms with Crippen molar-refractivity contribution in [3.8, 4) is 0 Å². The van der Waals surface area contributed by atoms with E-state index in [-0.39, 0.29) is 5.15 Å². The summed E-state index contributed by atoms with van der Waals surface area (Å²) in [6.45, 7) is 3.26. The molecule has 22 heavy (non-hydrogen) atoms. The van der Waals surface area contributed by atoms with Crippen LogP contribution in [0.5, 0.6) is 0 Å². The maximum Gasteiger partial charge on any atom is 0.191 e. The van der Waals surface area contributed by atoms with E-state index < -0.39 is 0 Å². The molecule has 0 saturated carbocycles. The molecule has 118 valence electrons. The molecule has 0 aliphatic carbocycles. The summed E-state index contributed by atoms with van der Waals surface area (Å²) in [6, 6.07) is 8.08. The number of anilines is 2. The zero-order chi connectivity index (χ0) is 15.9. The molecule has 0 atom stereocenters. The van der Waals surface area contributed by atoms with E-state index in [0.717, 1.165) is 23.3 Å². The van der Waals surface area contributed by atoms with Gasteiger partial charge in [0.25, 0.3) is 0 Å². The number of hydrogen-bond donors (Lipinski definition) is 3. The van der Waals surface area contributed by atoms with Crippen molar-refractivity contribution in [1.82, 2.24) is 9.97 Å². The zero-order valence-corrected chi connectivity index (χ0v) is 14.0. The highest BCUT2D eigenvalue weighted by Gasteiger charge is 2.10. The van der Waals surface area contributed by atoms with Crippen molar-refractivity contribution in [2.75, 3.05) is 16.8 Å². The molecule has 0 bridgehead atoms. The van der Waals surface area contributed by atoms with E-state index in [1.54, 1.807) is 11.8 Å². The average molecular weight is 338 g/mol. The highest BCUT2D eigenvalue weighted by molar-refractivity contribution is 7.99. The molecule has 0 fully saturated rings. The van der Waals surface area contributed by atoms with Crippen LogP contribution in [-0.2, 0) is 13.1 Å². The molecule has 5 nitrogen and oxygen atoms in total. The summed E-state index contributed by atoms with van der Waals surface area (Å²) in [6.07, 6.45) is 1.05. The lowest BCUT2D eigenvalue weighted by Crippen LogP contribution is -2.07. The Bertz CT molecular complexity index is 618.